The molecule has 0 aliphatic rings. The first kappa shape index (κ1) is 33.7. The van der Waals surface area contributed by atoms with Crippen LogP contribution in [0.1, 0.15) is 132 Å². The van der Waals surface area contributed by atoms with Crippen LogP contribution in [0.15, 0.2) is 0 Å². The van der Waals surface area contributed by atoms with Crippen molar-refractivity contribution in [3.05, 3.63) is 0 Å². The van der Waals surface area contributed by atoms with E-state index in [1.54, 1.807) is 0 Å². The quantitative estimate of drug-likeness (QED) is 0.0934. The first-order valence-electron chi connectivity index (χ1n) is 14.9. The molecule has 0 aliphatic heterocycles. The smallest absolute Gasteiger partial charge is 0.204 e. The summed E-state index contributed by atoms with van der Waals surface area (Å²) in [5.74, 6) is 0. The zero-order valence-corrected chi connectivity index (χ0v) is 26.9. The highest BCUT2D eigenvalue weighted by Crippen LogP contribution is 2.42. The number of unbranched alkanes of at least 4 members (excludes halogenated alkanes) is 6. The van der Waals surface area contributed by atoms with Crippen LogP contribution in [0.4, 0.5) is 0 Å². The fraction of sp³-hybridized carbons (Fsp3) is 1.00. The van der Waals surface area contributed by atoms with Crippen LogP contribution >= 0.6 is 11.8 Å². The molecular weight excluding hydrogens is 457 g/mol. The van der Waals surface area contributed by atoms with E-state index in [4.69, 9.17) is 8.85 Å². The monoisotopic (exact) mass is 518 g/mol. The van der Waals surface area contributed by atoms with E-state index in [9.17, 15) is 0 Å². The molecule has 0 heterocycles. The third-order valence-electron chi connectivity index (χ3n) is 7.81. The average Bonchev–Trinajstić information content (AvgIpc) is 2.85. The zero-order valence-electron chi connectivity index (χ0n) is 24.1. The van der Waals surface area contributed by atoms with E-state index in [2.05, 4.69) is 67.2 Å². The number of rotatable bonds is 24. The van der Waals surface area contributed by atoms with E-state index in [1.807, 2.05) is 0 Å². The second-order valence-corrected chi connectivity index (χ2v) is 21.4. The fourth-order valence-corrected chi connectivity index (χ4v) is 18.5. The Hall–Kier alpha value is 0.704. The van der Waals surface area contributed by atoms with Crippen LogP contribution in [0.3, 0.4) is 0 Å². The van der Waals surface area contributed by atoms with Gasteiger partial charge in [0.2, 0.25) is 16.6 Å². The maximum absolute atomic E-state index is 6.98. The lowest BCUT2D eigenvalue weighted by molar-refractivity contribution is 0.283. The van der Waals surface area contributed by atoms with Gasteiger partial charge in [0, 0.05) is 23.0 Å². The Morgan fingerprint density at radius 2 is 0.818 bits per heavy atom. The fourth-order valence-electron chi connectivity index (χ4n) is 5.15. The van der Waals surface area contributed by atoms with Crippen LogP contribution in [0, 0.1) is 0 Å². The van der Waals surface area contributed by atoms with Gasteiger partial charge in [-0.2, -0.15) is 11.8 Å². The van der Waals surface area contributed by atoms with Crippen LogP contribution in [0.2, 0.25) is 24.2 Å². The molecule has 0 saturated heterocycles. The molecular formula is C28H62O2SSi2. The van der Waals surface area contributed by atoms with Crippen molar-refractivity contribution in [1.29, 1.82) is 0 Å². The summed E-state index contributed by atoms with van der Waals surface area (Å²) in [5, 5.41) is 0. The normalized spacial score (nSPS) is 14.5. The maximum Gasteiger partial charge on any atom is 0.204 e. The predicted octanol–water partition coefficient (Wildman–Crippen LogP) is 10.3. The highest BCUT2D eigenvalue weighted by Gasteiger charge is 2.47. The number of hydrogen-bond donors (Lipinski definition) is 0. The van der Waals surface area contributed by atoms with Crippen molar-refractivity contribution in [1.82, 2.24) is 0 Å². The Kier molecular flexibility index (Phi) is 21.3. The molecule has 0 bridgehead atoms. The summed E-state index contributed by atoms with van der Waals surface area (Å²) in [6.45, 7) is 21.0. The minimum atomic E-state index is -1.78. The Bertz CT molecular complexity index is 390. The van der Waals surface area contributed by atoms with Crippen molar-refractivity contribution < 1.29 is 8.85 Å². The van der Waals surface area contributed by atoms with Gasteiger partial charge in [0.1, 0.15) is 0 Å². The van der Waals surface area contributed by atoms with Gasteiger partial charge in [-0.25, -0.2) is 0 Å². The molecule has 0 spiro atoms. The van der Waals surface area contributed by atoms with Crippen molar-refractivity contribution in [2.75, 3.05) is 13.2 Å². The number of thioether (sulfide) groups is 1. The van der Waals surface area contributed by atoms with Crippen LogP contribution in [0.5, 0.6) is 0 Å². The van der Waals surface area contributed by atoms with Gasteiger partial charge in [0.25, 0.3) is 0 Å². The lowest BCUT2D eigenvalue weighted by atomic mass is 10.3. The Balaban J connectivity index is 5.85. The van der Waals surface area contributed by atoms with Gasteiger partial charge in [-0.15, -0.1) is 0 Å². The second-order valence-electron chi connectivity index (χ2n) is 10.1. The van der Waals surface area contributed by atoms with Crippen molar-refractivity contribution in [2.24, 2.45) is 0 Å². The first-order chi connectivity index (χ1) is 16.0. The van der Waals surface area contributed by atoms with Gasteiger partial charge in [0.15, 0.2) is 0 Å². The van der Waals surface area contributed by atoms with Gasteiger partial charge < -0.3 is 8.85 Å². The number of hydrogen-bond acceptors (Lipinski definition) is 3. The standard InChI is InChI=1S/C28H62O2SSi2/c1-9-17-21-25-29-32(13-5,14-6)27(23-19-11-3)31-28(24-20-12-4)33(15-7,16-8)30-26-22-18-10-2/h27-28H,9-26H2,1-8H3. The molecule has 33 heavy (non-hydrogen) atoms. The first-order valence-corrected chi connectivity index (χ1v) is 20.7. The van der Waals surface area contributed by atoms with Crippen molar-refractivity contribution >= 4 is 28.4 Å². The van der Waals surface area contributed by atoms with Gasteiger partial charge in [-0.05, 0) is 49.9 Å². The molecule has 0 aromatic heterocycles. The maximum atomic E-state index is 6.98. The topological polar surface area (TPSA) is 18.5 Å². The summed E-state index contributed by atoms with van der Waals surface area (Å²) in [6.07, 6.45) is 15.6. The largest absolute Gasteiger partial charge is 0.416 e. The van der Waals surface area contributed by atoms with Crippen LogP contribution < -0.4 is 0 Å². The summed E-state index contributed by atoms with van der Waals surface area (Å²) in [4.78, 5) is 1.44. The summed E-state index contributed by atoms with van der Waals surface area (Å²) in [7, 11) is -3.56. The minimum absolute atomic E-state index is 0.722. The van der Waals surface area contributed by atoms with Gasteiger partial charge in [-0.1, -0.05) is 107 Å². The highest BCUT2D eigenvalue weighted by atomic mass is 32.2. The Labute approximate surface area is 216 Å². The third kappa shape index (κ3) is 12.0. The van der Waals surface area contributed by atoms with Gasteiger partial charge in [-0.3, -0.25) is 0 Å². The highest BCUT2D eigenvalue weighted by molar-refractivity contribution is 8.03. The molecule has 200 valence electrons. The molecule has 2 nitrogen and oxygen atoms in total. The van der Waals surface area contributed by atoms with Crippen molar-refractivity contribution in [3.63, 3.8) is 0 Å². The average molecular weight is 519 g/mol. The lowest BCUT2D eigenvalue weighted by Crippen LogP contribution is -2.53. The second kappa shape index (κ2) is 20.9. The molecule has 0 amide bonds. The molecule has 2 atom stereocenters. The molecule has 0 aromatic rings. The SMILES string of the molecule is CCCCCO[Si](CC)(CC)C(CCCC)SC(CCCC)[Si](CC)(CC)OCCCCC. The minimum Gasteiger partial charge on any atom is -0.416 e. The molecule has 0 saturated carbocycles. The van der Waals surface area contributed by atoms with Crippen molar-refractivity contribution in [2.45, 2.75) is 166 Å². The summed E-state index contributed by atoms with van der Waals surface area (Å²) in [6, 6.07) is 5.06. The van der Waals surface area contributed by atoms with Gasteiger partial charge >= 0.3 is 0 Å². The Morgan fingerprint density at radius 1 is 0.485 bits per heavy atom. The molecule has 0 aromatic carbocycles. The summed E-state index contributed by atoms with van der Waals surface area (Å²) < 4.78 is 14.0. The van der Waals surface area contributed by atoms with Crippen molar-refractivity contribution in [3.8, 4) is 0 Å². The van der Waals surface area contributed by atoms with Crippen LogP contribution in [0.25, 0.3) is 0 Å². The Morgan fingerprint density at radius 3 is 1.09 bits per heavy atom. The molecule has 2 unspecified atom stereocenters. The van der Waals surface area contributed by atoms with Crippen LogP contribution in [-0.2, 0) is 8.85 Å². The third-order valence-corrected chi connectivity index (χ3v) is 21.6. The molecule has 5 heteroatoms. The van der Waals surface area contributed by atoms with E-state index >= 15 is 0 Å². The van der Waals surface area contributed by atoms with E-state index in [1.165, 1.54) is 101 Å². The molecule has 0 rings (SSSR count). The summed E-state index contributed by atoms with van der Waals surface area (Å²) in [5.41, 5.74) is 0. The molecule has 0 radical (unpaired) electrons. The zero-order chi connectivity index (χ0) is 25.0. The predicted molar refractivity (Wildman–Crippen MR) is 159 cm³/mol. The molecule has 0 aliphatic carbocycles. The van der Waals surface area contributed by atoms with E-state index in [0.717, 1.165) is 23.0 Å². The lowest BCUT2D eigenvalue weighted by Gasteiger charge is -2.43. The van der Waals surface area contributed by atoms with E-state index in [0.29, 0.717) is 0 Å². The summed E-state index contributed by atoms with van der Waals surface area (Å²) >= 11 is 2.38. The molecule has 0 fully saturated rings. The van der Waals surface area contributed by atoms with Gasteiger partial charge in [0.05, 0.1) is 0 Å². The van der Waals surface area contributed by atoms with E-state index in [-0.39, 0.29) is 0 Å². The van der Waals surface area contributed by atoms with Crippen LogP contribution in [-0.4, -0.2) is 39.6 Å². The van der Waals surface area contributed by atoms with E-state index < -0.39 is 16.6 Å². The molecule has 0 N–H and O–H groups in total.